The van der Waals surface area contributed by atoms with Gasteiger partial charge in [-0.1, -0.05) is 24.8 Å². The Hall–Kier alpha value is -1.19. The van der Waals surface area contributed by atoms with E-state index < -0.39 is 5.60 Å². The van der Waals surface area contributed by atoms with Crippen LogP contribution in [0.4, 0.5) is 0 Å². The molecule has 0 amide bonds. The van der Waals surface area contributed by atoms with E-state index in [1.807, 2.05) is 31.4 Å². The van der Waals surface area contributed by atoms with Gasteiger partial charge in [-0.15, -0.1) is 11.3 Å². The van der Waals surface area contributed by atoms with Gasteiger partial charge in [-0.25, -0.2) is 4.98 Å². The van der Waals surface area contributed by atoms with Gasteiger partial charge in [0.05, 0.1) is 12.3 Å². The van der Waals surface area contributed by atoms with E-state index in [1.54, 1.807) is 7.11 Å². The molecule has 0 saturated carbocycles. The van der Waals surface area contributed by atoms with Gasteiger partial charge in [-0.2, -0.15) is 0 Å². The molecule has 0 bridgehead atoms. The van der Waals surface area contributed by atoms with Gasteiger partial charge in [-0.3, -0.25) is 4.90 Å². The Labute approximate surface area is 131 Å². The van der Waals surface area contributed by atoms with Crippen molar-refractivity contribution in [2.24, 2.45) is 0 Å². The molecule has 1 N–H and O–H groups in total. The summed E-state index contributed by atoms with van der Waals surface area (Å²) >= 11 is 1.50. The zero-order chi connectivity index (χ0) is 15.7. The number of aliphatic hydroxyl groups is 1. The predicted octanol–water partition coefficient (Wildman–Crippen LogP) is 2.44. The first-order valence-corrected chi connectivity index (χ1v) is 7.88. The lowest BCUT2D eigenvalue weighted by atomic mass is 10.1. The summed E-state index contributed by atoms with van der Waals surface area (Å²) in [5.41, 5.74) is 0.599. The fourth-order valence-electron chi connectivity index (χ4n) is 1.56. The van der Waals surface area contributed by atoms with E-state index in [9.17, 15) is 0 Å². The average molecular weight is 308 g/mol. The van der Waals surface area contributed by atoms with Crippen LogP contribution in [0, 0.1) is 11.8 Å². The molecule has 4 nitrogen and oxygen atoms in total. The molecule has 0 aliphatic rings. The highest BCUT2D eigenvalue weighted by Crippen LogP contribution is 2.11. The third-order valence-corrected chi connectivity index (χ3v) is 3.90. The largest absolute Gasteiger partial charge is 0.389 e. The van der Waals surface area contributed by atoms with Crippen molar-refractivity contribution >= 4 is 11.3 Å². The van der Waals surface area contributed by atoms with Gasteiger partial charge < -0.3 is 9.84 Å². The van der Waals surface area contributed by atoms with Crippen molar-refractivity contribution in [1.82, 2.24) is 9.88 Å². The minimum atomic E-state index is -0.407. The third kappa shape index (κ3) is 6.87. The van der Waals surface area contributed by atoms with E-state index in [2.05, 4.69) is 28.6 Å². The number of thiazole rings is 1. The zero-order valence-electron chi connectivity index (χ0n) is 13.2. The van der Waals surface area contributed by atoms with E-state index in [0.717, 1.165) is 30.3 Å². The molecule has 1 aromatic heterocycles. The second kappa shape index (κ2) is 8.96. The lowest BCUT2D eigenvalue weighted by Gasteiger charge is -2.16. The standard InChI is InChI=1S/C16H24N2O2S/c1-5-18(11-14-13-21-15(12-19)17-14)10-8-6-7-9-16(2,3)20-4/h6,8,13,19H,5,10-12H2,1-4H3. The summed E-state index contributed by atoms with van der Waals surface area (Å²) in [5.74, 6) is 6.05. The third-order valence-electron chi connectivity index (χ3n) is 3.02. The number of aliphatic hydroxyl groups excluding tert-OH is 1. The van der Waals surface area contributed by atoms with Crippen LogP contribution < -0.4 is 0 Å². The monoisotopic (exact) mass is 308 g/mol. The molecular weight excluding hydrogens is 284 g/mol. The minimum absolute atomic E-state index is 0.0154. The molecule has 116 valence electrons. The van der Waals surface area contributed by atoms with Crippen molar-refractivity contribution < 1.29 is 9.84 Å². The molecule has 1 aromatic rings. The van der Waals surface area contributed by atoms with Gasteiger partial charge in [0.2, 0.25) is 0 Å². The molecule has 0 unspecified atom stereocenters. The van der Waals surface area contributed by atoms with Crippen molar-refractivity contribution in [2.45, 2.75) is 39.5 Å². The molecule has 1 heterocycles. The van der Waals surface area contributed by atoms with Gasteiger partial charge in [0.1, 0.15) is 10.6 Å². The highest BCUT2D eigenvalue weighted by Gasteiger charge is 2.10. The van der Waals surface area contributed by atoms with Crippen LogP contribution in [0.15, 0.2) is 17.5 Å². The van der Waals surface area contributed by atoms with Crippen molar-refractivity contribution in [1.29, 1.82) is 0 Å². The van der Waals surface area contributed by atoms with E-state index >= 15 is 0 Å². The molecule has 5 heteroatoms. The summed E-state index contributed by atoms with van der Waals surface area (Å²) < 4.78 is 5.23. The summed E-state index contributed by atoms with van der Waals surface area (Å²) in [6.45, 7) is 8.56. The normalized spacial score (nSPS) is 11.9. The number of likely N-dealkylation sites (N-methyl/N-ethyl adjacent to an activating group) is 1. The number of ether oxygens (including phenoxy) is 1. The quantitative estimate of drug-likeness (QED) is 0.786. The van der Waals surface area contributed by atoms with Crippen LogP contribution in [0.25, 0.3) is 0 Å². The summed E-state index contributed by atoms with van der Waals surface area (Å²) in [5, 5.41) is 11.8. The van der Waals surface area contributed by atoms with Crippen molar-refractivity contribution in [2.75, 3.05) is 20.2 Å². The number of methoxy groups -OCH3 is 1. The van der Waals surface area contributed by atoms with Gasteiger partial charge in [0.25, 0.3) is 0 Å². The molecule has 0 aliphatic heterocycles. The van der Waals surface area contributed by atoms with Crippen molar-refractivity contribution in [3.05, 3.63) is 28.2 Å². The highest BCUT2D eigenvalue weighted by atomic mass is 32.1. The number of allylic oxidation sites excluding steroid dienone is 1. The first-order valence-electron chi connectivity index (χ1n) is 7.00. The van der Waals surface area contributed by atoms with Gasteiger partial charge in [0.15, 0.2) is 0 Å². The molecule has 1 rings (SSSR count). The molecule has 0 saturated heterocycles. The second-order valence-corrected chi connectivity index (χ2v) is 6.05. The maximum Gasteiger partial charge on any atom is 0.123 e. The second-order valence-electron chi connectivity index (χ2n) is 5.10. The Kier molecular flexibility index (Phi) is 7.62. The van der Waals surface area contributed by atoms with Gasteiger partial charge in [-0.05, 0) is 26.5 Å². The molecule has 0 aliphatic carbocycles. The number of nitrogens with zero attached hydrogens (tertiary/aromatic N) is 2. The summed E-state index contributed by atoms with van der Waals surface area (Å²) in [6, 6.07) is 0. The smallest absolute Gasteiger partial charge is 0.123 e. The average Bonchev–Trinajstić information content (AvgIpc) is 2.93. The van der Waals surface area contributed by atoms with E-state index in [0.29, 0.717) is 0 Å². The van der Waals surface area contributed by atoms with E-state index in [-0.39, 0.29) is 6.61 Å². The predicted molar refractivity (Wildman–Crippen MR) is 87.0 cm³/mol. The maximum atomic E-state index is 9.03. The molecule has 0 atom stereocenters. The van der Waals surface area contributed by atoms with Crippen LogP contribution in [0.3, 0.4) is 0 Å². The zero-order valence-corrected chi connectivity index (χ0v) is 14.0. The Morgan fingerprint density at radius 2 is 2.29 bits per heavy atom. The summed E-state index contributed by atoms with van der Waals surface area (Å²) in [7, 11) is 1.66. The van der Waals surface area contributed by atoms with Crippen LogP contribution in [-0.4, -0.2) is 40.8 Å². The Balaban J connectivity index is 2.47. The van der Waals surface area contributed by atoms with Crippen LogP contribution >= 0.6 is 11.3 Å². The molecule has 0 fully saturated rings. The van der Waals surface area contributed by atoms with E-state index in [4.69, 9.17) is 9.84 Å². The van der Waals surface area contributed by atoms with Crippen molar-refractivity contribution in [3.8, 4) is 11.8 Å². The lowest BCUT2D eigenvalue weighted by molar-refractivity contribution is 0.0742. The minimum Gasteiger partial charge on any atom is -0.389 e. The fraction of sp³-hybridized carbons (Fsp3) is 0.562. The SMILES string of the molecule is CCN(CC=CC#CC(C)(C)OC)Cc1csc(CO)n1. The topological polar surface area (TPSA) is 45.6 Å². The van der Waals surface area contributed by atoms with E-state index in [1.165, 1.54) is 11.3 Å². The van der Waals surface area contributed by atoms with Crippen LogP contribution in [0.2, 0.25) is 0 Å². The molecular formula is C16H24N2O2S. The lowest BCUT2D eigenvalue weighted by Crippen LogP contribution is -2.23. The van der Waals surface area contributed by atoms with Crippen molar-refractivity contribution in [3.63, 3.8) is 0 Å². The number of hydrogen-bond donors (Lipinski definition) is 1. The van der Waals surface area contributed by atoms with Crippen LogP contribution in [0.1, 0.15) is 31.5 Å². The summed E-state index contributed by atoms with van der Waals surface area (Å²) in [4.78, 5) is 6.62. The Morgan fingerprint density at radius 1 is 1.52 bits per heavy atom. The summed E-state index contributed by atoms with van der Waals surface area (Å²) in [6.07, 6.45) is 3.91. The fourth-order valence-corrected chi connectivity index (χ4v) is 2.20. The number of hydrogen-bond acceptors (Lipinski definition) is 5. The number of rotatable bonds is 7. The Bertz CT molecular complexity index is 512. The molecule has 0 radical (unpaired) electrons. The molecule has 0 spiro atoms. The van der Waals surface area contributed by atoms with Gasteiger partial charge in [0, 0.05) is 25.6 Å². The van der Waals surface area contributed by atoms with Gasteiger partial charge >= 0.3 is 0 Å². The number of aromatic nitrogens is 1. The first-order chi connectivity index (χ1) is 10.0. The Morgan fingerprint density at radius 3 is 2.86 bits per heavy atom. The molecule has 0 aromatic carbocycles. The molecule has 21 heavy (non-hydrogen) atoms. The van der Waals surface area contributed by atoms with Crippen LogP contribution in [0.5, 0.6) is 0 Å². The highest BCUT2D eigenvalue weighted by molar-refractivity contribution is 7.09. The van der Waals surface area contributed by atoms with Crippen LogP contribution in [-0.2, 0) is 17.9 Å². The maximum absolute atomic E-state index is 9.03. The first kappa shape index (κ1) is 17.9.